The zero-order valence-electron chi connectivity index (χ0n) is 17.1. The first-order valence-corrected chi connectivity index (χ1v) is 10.9. The van der Waals surface area contributed by atoms with Crippen molar-refractivity contribution in [3.63, 3.8) is 0 Å². The van der Waals surface area contributed by atoms with Gasteiger partial charge in [0, 0.05) is 36.4 Å². The summed E-state index contributed by atoms with van der Waals surface area (Å²) in [6.07, 6.45) is 1.62. The van der Waals surface area contributed by atoms with Crippen molar-refractivity contribution in [2.45, 2.75) is 81.5 Å². The minimum absolute atomic E-state index is 0.0364. The minimum atomic E-state index is -4.32. The van der Waals surface area contributed by atoms with Crippen LogP contribution in [0.1, 0.15) is 51.0 Å². The molecule has 30 heavy (non-hydrogen) atoms. The van der Waals surface area contributed by atoms with Crippen LogP contribution in [-0.2, 0) is 10.9 Å². The summed E-state index contributed by atoms with van der Waals surface area (Å²) in [7, 11) is 0. The number of alkyl halides is 3. The molecule has 5 aliphatic rings. The van der Waals surface area contributed by atoms with Gasteiger partial charge in [0.1, 0.15) is 0 Å². The van der Waals surface area contributed by atoms with Gasteiger partial charge in [-0.05, 0) is 69.7 Å². The average Bonchev–Trinajstić information content (AvgIpc) is 2.67. The van der Waals surface area contributed by atoms with Crippen molar-refractivity contribution >= 4 is 11.7 Å². The zero-order chi connectivity index (χ0) is 21.1. The molecule has 6 rings (SSSR count). The molecule has 2 amide bonds. The molecule has 4 bridgehead atoms. The van der Waals surface area contributed by atoms with E-state index in [1.165, 1.54) is 12.1 Å². The van der Waals surface area contributed by atoms with Gasteiger partial charge in [-0.2, -0.15) is 13.2 Å². The van der Waals surface area contributed by atoms with E-state index in [0.29, 0.717) is 25.3 Å². The van der Waals surface area contributed by atoms with Gasteiger partial charge >= 0.3 is 12.2 Å². The van der Waals surface area contributed by atoms with E-state index in [-0.39, 0.29) is 23.7 Å². The van der Waals surface area contributed by atoms with Crippen LogP contribution in [0.25, 0.3) is 0 Å². The lowest BCUT2D eigenvalue weighted by Crippen LogP contribution is -2.67. The van der Waals surface area contributed by atoms with Crippen molar-refractivity contribution in [1.29, 1.82) is 0 Å². The van der Waals surface area contributed by atoms with Crippen LogP contribution in [0.4, 0.5) is 23.7 Å². The van der Waals surface area contributed by atoms with Crippen LogP contribution in [0.15, 0.2) is 24.3 Å². The molecule has 5 aliphatic heterocycles. The maximum atomic E-state index is 13.1. The number of nitrogens with zero attached hydrogens (tertiary/aromatic N) is 2. The van der Waals surface area contributed by atoms with Crippen molar-refractivity contribution in [1.82, 2.24) is 10.2 Å². The summed E-state index contributed by atoms with van der Waals surface area (Å²) in [5, 5.41) is 3.30. The number of piperidine rings is 3. The van der Waals surface area contributed by atoms with Crippen LogP contribution in [0.5, 0.6) is 0 Å². The number of benzene rings is 1. The fraction of sp³-hybridized carbons (Fsp3) is 0.682. The molecule has 5 saturated heterocycles. The topological polar surface area (TPSA) is 44.8 Å². The molecule has 1 aromatic rings. The second-order valence-electron chi connectivity index (χ2n) is 9.56. The smallest absolute Gasteiger partial charge is 0.375 e. The highest BCUT2D eigenvalue weighted by molar-refractivity contribution is 5.76. The number of amides is 2. The summed E-state index contributed by atoms with van der Waals surface area (Å²) >= 11 is 0. The van der Waals surface area contributed by atoms with Gasteiger partial charge in [-0.1, -0.05) is 0 Å². The Bertz CT molecular complexity index is 775. The molecule has 5 nitrogen and oxygen atoms in total. The highest BCUT2D eigenvalue weighted by atomic mass is 19.4. The lowest BCUT2D eigenvalue weighted by atomic mass is 9.78. The van der Waals surface area contributed by atoms with E-state index in [1.54, 1.807) is 0 Å². The quantitative estimate of drug-likeness (QED) is 0.777. The third kappa shape index (κ3) is 3.63. The minimum Gasteiger partial charge on any atom is -0.375 e. The van der Waals surface area contributed by atoms with Crippen molar-refractivity contribution in [2.75, 3.05) is 18.0 Å². The molecular weight excluding hydrogens is 395 g/mol. The summed E-state index contributed by atoms with van der Waals surface area (Å²) in [4.78, 5) is 17.3. The van der Waals surface area contributed by atoms with E-state index in [1.807, 2.05) is 0 Å². The van der Waals surface area contributed by atoms with Gasteiger partial charge in [0.25, 0.3) is 0 Å². The van der Waals surface area contributed by atoms with Gasteiger partial charge in [-0.3, -0.25) is 0 Å². The van der Waals surface area contributed by atoms with Gasteiger partial charge < -0.3 is 19.9 Å². The molecule has 5 heterocycles. The van der Waals surface area contributed by atoms with Gasteiger partial charge in [-0.15, -0.1) is 0 Å². The fourth-order valence-corrected chi connectivity index (χ4v) is 5.74. The first-order chi connectivity index (χ1) is 14.2. The molecule has 164 valence electrons. The first kappa shape index (κ1) is 20.0. The zero-order valence-corrected chi connectivity index (χ0v) is 17.1. The SMILES string of the molecule is CC1(NC(=O)N2C3CC4CC2CC(C3)O4)CCN(c2ccc(C(F)(F)F)cc2)CC1. The number of rotatable bonds is 2. The number of hydrogen-bond donors (Lipinski definition) is 1. The average molecular weight is 423 g/mol. The predicted octanol–water partition coefficient (Wildman–Crippen LogP) is 4.17. The van der Waals surface area contributed by atoms with E-state index in [0.717, 1.165) is 56.3 Å². The third-order valence-electron chi connectivity index (χ3n) is 7.38. The Labute approximate surface area is 174 Å². The summed E-state index contributed by atoms with van der Waals surface area (Å²) in [6.45, 7) is 3.48. The Morgan fingerprint density at radius 1 is 1.03 bits per heavy atom. The molecule has 5 fully saturated rings. The number of carbonyl (C=O) groups excluding carboxylic acids is 1. The van der Waals surface area contributed by atoms with Crippen molar-refractivity contribution < 1.29 is 22.7 Å². The summed E-state index contributed by atoms with van der Waals surface area (Å²) in [5.41, 5.74) is -0.137. The van der Waals surface area contributed by atoms with Crippen molar-refractivity contribution in [3.8, 4) is 0 Å². The Balaban J connectivity index is 1.19. The molecular formula is C22H28F3N3O2. The van der Waals surface area contributed by atoms with Gasteiger partial charge in [0.2, 0.25) is 0 Å². The molecule has 0 atom stereocenters. The van der Waals surface area contributed by atoms with Crippen LogP contribution in [-0.4, -0.2) is 53.9 Å². The van der Waals surface area contributed by atoms with E-state index in [2.05, 4.69) is 22.0 Å². The predicted molar refractivity (Wildman–Crippen MR) is 106 cm³/mol. The number of ether oxygens (including phenoxy) is 1. The second kappa shape index (κ2) is 7.04. The number of anilines is 1. The molecule has 0 spiro atoms. The van der Waals surface area contributed by atoms with E-state index in [9.17, 15) is 18.0 Å². The maximum absolute atomic E-state index is 13.1. The fourth-order valence-electron chi connectivity index (χ4n) is 5.74. The largest absolute Gasteiger partial charge is 0.416 e. The second-order valence-corrected chi connectivity index (χ2v) is 9.56. The Morgan fingerprint density at radius 2 is 1.57 bits per heavy atom. The summed E-state index contributed by atoms with van der Waals surface area (Å²) < 4.78 is 44.3. The molecule has 0 aromatic heterocycles. The molecule has 1 aromatic carbocycles. The number of nitrogens with one attached hydrogen (secondary N) is 1. The standard InChI is InChI=1S/C22H28F3N3O2/c1-21(26-20(29)28-16-10-18-12-17(28)13-19(11-16)30-18)6-8-27(9-7-21)15-4-2-14(3-5-15)22(23,24)25/h2-5,16-19H,6-13H2,1H3,(H,26,29). The van der Waals surface area contributed by atoms with Gasteiger partial charge in [-0.25, -0.2) is 4.79 Å². The highest BCUT2D eigenvalue weighted by Crippen LogP contribution is 2.43. The molecule has 0 unspecified atom stereocenters. The lowest BCUT2D eigenvalue weighted by molar-refractivity contribution is -0.168. The maximum Gasteiger partial charge on any atom is 0.416 e. The van der Waals surface area contributed by atoms with Gasteiger partial charge in [0.15, 0.2) is 0 Å². The Morgan fingerprint density at radius 3 is 2.07 bits per heavy atom. The monoisotopic (exact) mass is 423 g/mol. The third-order valence-corrected chi connectivity index (χ3v) is 7.38. The molecule has 8 heteroatoms. The van der Waals surface area contributed by atoms with Crippen LogP contribution in [0.2, 0.25) is 0 Å². The highest BCUT2D eigenvalue weighted by Gasteiger charge is 2.50. The molecule has 0 saturated carbocycles. The van der Waals surface area contributed by atoms with Gasteiger partial charge in [0.05, 0.1) is 17.8 Å². The van der Waals surface area contributed by atoms with E-state index in [4.69, 9.17) is 4.74 Å². The summed E-state index contributed by atoms with van der Waals surface area (Å²) in [6, 6.07) is 5.95. The number of hydrogen-bond acceptors (Lipinski definition) is 3. The van der Waals surface area contributed by atoms with Crippen molar-refractivity contribution in [3.05, 3.63) is 29.8 Å². The number of halogens is 3. The van der Waals surface area contributed by atoms with Crippen LogP contribution in [0.3, 0.4) is 0 Å². The normalized spacial score (nSPS) is 32.4. The Hall–Kier alpha value is -1.96. The first-order valence-electron chi connectivity index (χ1n) is 10.9. The van der Waals surface area contributed by atoms with Crippen LogP contribution >= 0.6 is 0 Å². The molecule has 0 aliphatic carbocycles. The van der Waals surface area contributed by atoms with Crippen LogP contribution in [0, 0.1) is 0 Å². The number of carbonyl (C=O) groups is 1. The van der Waals surface area contributed by atoms with E-state index >= 15 is 0 Å². The Kier molecular flexibility index (Phi) is 4.69. The lowest BCUT2D eigenvalue weighted by Gasteiger charge is -2.56. The molecule has 0 radical (unpaired) electrons. The van der Waals surface area contributed by atoms with Crippen LogP contribution < -0.4 is 10.2 Å². The van der Waals surface area contributed by atoms with E-state index < -0.39 is 11.7 Å². The summed E-state index contributed by atoms with van der Waals surface area (Å²) in [5.74, 6) is 0. The number of urea groups is 1. The molecule has 1 N–H and O–H groups in total. The van der Waals surface area contributed by atoms with Crippen molar-refractivity contribution in [2.24, 2.45) is 0 Å².